The quantitative estimate of drug-likeness (QED) is 0.0375. The Morgan fingerprint density at radius 2 is 1.29 bits per heavy atom. The van der Waals surface area contributed by atoms with E-state index in [-0.39, 0.29) is 19.1 Å². The van der Waals surface area contributed by atoms with E-state index >= 15 is 0 Å². The van der Waals surface area contributed by atoms with E-state index in [0.29, 0.717) is 17.4 Å². The van der Waals surface area contributed by atoms with Crippen LogP contribution < -0.4 is 10.2 Å². The lowest BCUT2D eigenvalue weighted by molar-refractivity contribution is -0.870. The number of carbonyl (C=O) groups excluding carboxylic acids is 1. The van der Waals surface area contributed by atoms with Crippen LogP contribution in [-0.2, 0) is 18.4 Å². The molecule has 3 unspecified atom stereocenters. The zero-order chi connectivity index (χ0) is 31.5. The van der Waals surface area contributed by atoms with Gasteiger partial charge in [0.1, 0.15) is 13.2 Å². The summed E-state index contributed by atoms with van der Waals surface area (Å²) in [5.74, 6) is -0.204. The summed E-state index contributed by atoms with van der Waals surface area (Å²) in [5, 5.41) is 13.6. The highest BCUT2D eigenvalue weighted by Crippen LogP contribution is 2.38. The van der Waals surface area contributed by atoms with Gasteiger partial charge in [-0.25, -0.2) is 0 Å². The van der Waals surface area contributed by atoms with E-state index in [1.807, 2.05) is 27.2 Å². The number of hydrogen-bond acceptors (Lipinski definition) is 6. The predicted octanol–water partition coefficient (Wildman–Crippen LogP) is 7.44. The van der Waals surface area contributed by atoms with E-state index < -0.39 is 20.0 Å². The smallest absolute Gasteiger partial charge is 0.268 e. The van der Waals surface area contributed by atoms with Crippen molar-refractivity contribution in [3.8, 4) is 0 Å². The Hall–Kier alpha value is -0.760. The van der Waals surface area contributed by atoms with Crippen molar-refractivity contribution in [2.75, 3.05) is 40.9 Å². The first-order valence-corrected chi connectivity index (χ1v) is 18.5. The van der Waals surface area contributed by atoms with Gasteiger partial charge in [-0.3, -0.25) is 9.36 Å². The molecule has 0 fully saturated rings. The zero-order valence-electron chi connectivity index (χ0n) is 28.0. The number of allylic oxidation sites excluding steroid dienone is 1. The number of amides is 1. The minimum atomic E-state index is -4.56. The van der Waals surface area contributed by atoms with E-state index in [1.54, 1.807) is 6.08 Å². The monoisotopic (exact) mass is 618 g/mol. The summed E-state index contributed by atoms with van der Waals surface area (Å²) < 4.78 is 23.0. The molecule has 0 aliphatic rings. The summed E-state index contributed by atoms with van der Waals surface area (Å²) in [7, 11) is 1.26. The number of nitrogens with one attached hydrogen (secondary N) is 1. The number of phosphoric acid groups is 1. The van der Waals surface area contributed by atoms with Crippen molar-refractivity contribution >= 4 is 13.7 Å². The van der Waals surface area contributed by atoms with Crippen LogP contribution in [0.2, 0.25) is 0 Å². The lowest BCUT2D eigenvalue weighted by Gasteiger charge is -2.29. The molecule has 250 valence electrons. The lowest BCUT2D eigenvalue weighted by Crippen LogP contribution is -2.45. The summed E-state index contributed by atoms with van der Waals surface area (Å²) in [5.41, 5.74) is 0. The molecule has 0 aromatic rings. The van der Waals surface area contributed by atoms with Gasteiger partial charge >= 0.3 is 0 Å². The molecule has 0 aliphatic carbocycles. The van der Waals surface area contributed by atoms with E-state index in [4.69, 9.17) is 9.05 Å². The van der Waals surface area contributed by atoms with Gasteiger partial charge < -0.3 is 28.8 Å². The van der Waals surface area contributed by atoms with E-state index in [9.17, 15) is 19.4 Å². The second-order valence-corrected chi connectivity index (χ2v) is 14.3. The standard InChI is InChI=1S/C33H67N2O6P/c1-6-8-10-12-14-16-17-19-20-22-24-26-32(36)31(30-41-42(38,39)40-29-28-35(3,4)5)34-33(37)27-25-23-21-18-15-13-11-9-7-2/h24,26,31-32,36H,6-23,25,27-30H2,1-5H3,(H-,34,37,38,39)/b26-24+. The number of quaternary nitrogens is 1. The molecule has 0 heterocycles. The van der Waals surface area contributed by atoms with Crippen molar-refractivity contribution in [3.63, 3.8) is 0 Å². The van der Waals surface area contributed by atoms with Crippen molar-refractivity contribution in [2.24, 2.45) is 0 Å². The third-order valence-electron chi connectivity index (χ3n) is 7.50. The van der Waals surface area contributed by atoms with Gasteiger partial charge in [0, 0.05) is 6.42 Å². The van der Waals surface area contributed by atoms with Gasteiger partial charge in [-0.1, -0.05) is 129 Å². The number of aliphatic hydroxyl groups is 1. The van der Waals surface area contributed by atoms with Crippen LogP contribution >= 0.6 is 7.82 Å². The van der Waals surface area contributed by atoms with Crippen molar-refractivity contribution in [1.82, 2.24) is 5.32 Å². The Kier molecular flexibility index (Phi) is 26.1. The van der Waals surface area contributed by atoms with Crippen LogP contribution in [0.25, 0.3) is 0 Å². The molecule has 1 amide bonds. The topological polar surface area (TPSA) is 108 Å². The average molecular weight is 619 g/mol. The van der Waals surface area contributed by atoms with Crippen molar-refractivity contribution < 1.29 is 32.9 Å². The molecule has 9 heteroatoms. The van der Waals surface area contributed by atoms with Gasteiger partial charge in [-0.2, -0.15) is 0 Å². The normalized spacial score (nSPS) is 15.1. The molecule has 42 heavy (non-hydrogen) atoms. The number of hydrogen-bond donors (Lipinski definition) is 2. The lowest BCUT2D eigenvalue weighted by atomic mass is 10.1. The van der Waals surface area contributed by atoms with Crippen molar-refractivity contribution in [1.29, 1.82) is 0 Å². The van der Waals surface area contributed by atoms with Crippen LogP contribution in [-0.4, -0.2) is 68.5 Å². The molecule has 3 atom stereocenters. The maximum atomic E-state index is 12.6. The molecule has 0 bridgehead atoms. The fourth-order valence-electron chi connectivity index (χ4n) is 4.68. The number of aliphatic hydroxyl groups excluding tert-OH is 1. The van der Waals surface area contributed by atoms with E-state index in [0.717, 1.165) is 38.5 Å². The molecular weight excluding hydrogens is 551 g/mol. The summed E-state index contributed by atoms with van der Waals surface area (Å²) in [4.78, 5) is 25.0. The molecule has 8 nitrogen and oxygen atoms in total. The summed E-state index contributed by atoms with van der Waals surface area (Å²) in [6.45, 7) is 4.58. The minimum absolute atomic E-state index is 0.00110. The van der Waals surface area contributed by atoms with Gasteiger partial charge in [-0.05, 0) is 19.3 Å². The number of unbranched alkanes of at least 4 members (excludes halogenated alkanes) is 17. The van der Waals surface area contributed by atoms with Crippen molar-refractivity contribution in [2.45, 2.75) is 154 Å². The summed E-state index contributed by atoms with van der Waals surface area (Å²) >= 11 is 0. The molecule has 0 radical (unpaired) electrons. The molecule has 0 aromatic carbocycles. The van der Waals surface area contributed by atoms with Gasteiger partial charge in [-0.15, -0.1) is 0 Å². The van der Waals surface area contributed by atoms with Gasteiger partial charge in [0.2, 0.25) is 5.91 Å². The van der Waals surface area contributed by atoms with Crippen molar-refractivity contribution in [3.05, 3.63) is 12.2 Å². The molecule has 0 saturated carbocycles. The van der Waals surface area contributed by atoms with Crippen LogP contribution in [0.15, 0.2) is 12.2 Å². The summed E-state index contributed by atoms with van der Waals surface area (Å²) in [6, 6.07) is -0.875. The highest BCUT2D eigenvalue weighted by Gasteiger charge is 2.23. The highest BCUT2D eigenvalue weighted by molar-refractivity contribution is 7.45. The minimum Gasteiger partial charge on any atom is -0.756 e. The van der Waals surface area contributed by atoms with Crippen LogP contribution in [0, 0.1) is 0 Å². The van der Waals surface area contributed by atoms with Gasteiger partial charge in [0.05, 0.1) is 39.9 Å². The van der Waals surface area contributed by atoms with Gasteiger partial charge in [0.15, 0.2) is 0 Å². The Balaban J connectivity index is 4.63. The summed E-state index contributed by atoms with van der Waals surface area (Å²) in [6.07, 6.45) is 25.4. The molecule has 0 aromatic heterocycles. The molecular formula is C33H67N2O6P. The predicted molar refractivity (Wildman–Crippen MR) is 173 cm³/mol. The second-order valence-electron chi connectivity index (χ2n) is 12.9. The molecule has 0 spiro atoms. The maximum Gasteiger partial charge on any atom is 0.268 e. The number of rotatable bonds is 30. The second kappa shape index (κ2) is 26.6. The van der Waals surface area contributed by atoms with Crippen LogP contribution in [0.5, 0.6) is 0 Å². The molecule has 0 saturated heterocycles. The Labute approximate surface area is 259 Å². The van der Waals surface area contributed by atoms with Crippen LogP contribution in [0.3, 0.4) is 0 Å². The fraction of sp³-hybridized carbons (Fsp3) is 0.909. The highest BCUT2D eigenvalue weighted by atomic mass is 31.2. The third-order valence-corrected chi connectivity index (χ3v) is 8.46. The Morgan fingerprint density at radius 3 is 1.79 bits per heavy atom. The van der Waals surface area contributed by atoms with Crippen LogP contribution in [0.4, 0.5) is 0 Å². The number of carbonyl (C=O) groups is 1. The van der Waals surface area contributed by atoms with E-state index in [2.05, 4.69) is 19.2 Å². The first kappa shape index (κ1) is 41.2. The molecule has 0 rings (SSSR count). The maximum absolute atomic E-state index is 12.6. The Morgan fingerprint density at radius 1 is 0.810 bits per heavy atom. The van der Waals surface area contributed by atoms with Gasteiger partial charge in [0.25, 0.3) is 7.82 Å². The van der Waals surface area contributed by atoms with Crippen LogP contribution in [0.1, 0.15) is 142 Å². The third kappa shape index (κ3) is 28.0. The SMILES string of the molecule is CCCCCCCCCCC/C=C/C(O)C(COP(=O)([O-])OCC[N+](C)(C)C)NC(=O)CCCCCCCCCCC. The first-order chi connectivity index (χ1) is 20.0. The first-order valence-electron chi connectivity index (χ1n) is 17.1. The largest absolute Gasteiger partial charge is 0.756 e. The number of phosphoric ester groups is 1. The zero-order valence-corrected chi connectivity index (χ0v) is 28.9. The number of nitrogens with zero attached hydrogens (tertiary/aromatic N) is 1. The Bertz CT molecular complexity index is 713. The van der Waals surface area contributed by atoms with E-state index in [1.165, 1.54) is 83.5 Å². The number of likely N-dealkylation sites (N-methyl/N-ethyl adjacent to an activating group) is 1. The molecule has 0 aliphatic heterocycles. The fourth-order valence-corrected chi connectivity index (χ4v) is 5.40. The average Bonchev–Trinajstić information content (AvgIpc) is 2.92. The molecule has 2 N–H and O–H groups in total.